The Kier molecular flexibility index (Phi) is 12.6. The number of aliphatic hydroxyl groups is 4. The van der Waals surface area contributed by atoms with E-state index in [4.69, 9.17) is 9.47 Å². The van der Waals surface area contributed by atoms with Crippen molar-refractivity contribution in [1.29, 1.82) is 0 Å². The number of β-amino-alcohol motifs (C(OH)–C–C–N with tert-alkyl or cyclic N) is 1. The molecule has 6 atom stereocenters. The molecule has 1 fully saturated rings. The molecular weight excluding hydrogens is 528 g/mol. The molecule has 0 aromatic heterocycles. The van der Waals surface area contributed by atoms with Crippen LogP contribution >= 0.6 is 0 Å². The second kappa shape index (κ2) is 15.8. The molecule has 41 heavy (non-hydrogen) atoms. The monoisotopic (exact) mass is 572 g/mol. The summed E-state index contributed by atoms with van der Waals surface area (Å²) in [5.41, 5.74) is 1.22. The first-order chi connectivity index (χ1) is 19.7. The zero-order valence-electron chi connectivity index (χ0n) is 24.1. The average Bonchev–Trinajstić information content (AvgIpc) is 3.00. The van der Waals surface area contributed by atoms with E-state index in [2.05, 4.69) is 0 Å². The summed E-state index contributed by atoms with van der Waals surface area (Å²) in [5, 5.41) is 42.2. The van der Waals surface area contributed by atoms with Crippen LogP contribution in [-0.2, 0) is 16.1 Å². The van der Waals surface area contributed by atoms with Gasteiger partial charge in [0.15, 0.2) is 0 Å². The van der Waals surface area contributed by atoms with Gasteiger partial charge in [-0.25, -0.2) is 0 Å². The highest BCUT2D eigenvalue weighted by atomic mass is 16.5. The van der Waals surface area contributed by atoms with E-state index in [1.54, 1.807) is 60.5 Å². The SMILES string of the molecule is CC[C@H](C)[C@H]1C(=O)N(Cc2ccc(OC)cc2)C[C@H](O)[C@@H](O)[C@H](O)[C@@H](CO)OCCCCN1C(=O)c1ccccc1. The van der Waals surface area contributed by atoms with E-state index < -0.39 is 37.1 Å². The van der Waals surface area contributed by atoms with E-state index in [0.717, 1.165) is 5.56 Å². The third-order valence-electron chi connectivity index (χ3n) is 7.74. The molecule has 10 heteroatoms. The Balaban J connectivity index is 2.06. The maximum Gasteiger partial charge on any atom is 0.254 e. The first kappa shape index (κ1) is 32.5. The quantitative estimate of drug-likeness (QED) is 0.394. The molecule has 1 aliphatic rings. The Labute approximate surface area is 242 Å². The zero-order valence-corrected chi connectivity index (χ0v) is 24.1. The standard InChI is InChI=1S/C31H44N2O8/c1-4-21(2)27-31(39)32(18-22-12-14-24(40-3)15-13-22)19-25(35)28(36)29(37)26(20-34)41-17-9-8-16-33(27)30(38)23-10-6-5-7-11-23/h5-7,10-15,21,25-29,34-37H,4,8-9,16-20H2,1-3H3/t21-,25-,26+,27-,28+,29+/m0/s1. The normalized spacial score (nSPS) is 25.8. The van der Waals surface area contributed by atoms with E-state index >= 15 is 0 Å². The van der Waals surface area contributed by atoms with Crippen LogP contribution in [0.2, 0.25) is 0 Å². The number of hydrogen-bond donors (Lipinski definition) is 4. The van der Waals surface area contributed by atoms with Crippen LogP contribution in [0.4, 0.5) is 0 Å². The molecule has 2 aromatic rings. The van der Waals surface area contributed by atoms with Crippen LogP contribution in [0, 0.1) is 5.92 Å². The Bertz CT molecular complexity index is 1080. The lowest BCUT2D eigenvalue weighted by atomic mass is 9.94. The molecule has 3 rings (SSSR count). The van der Waals surface area contributed by atoms with E-state index in [9.17, 15) is 30.0 Å². The molecule has 2 amide bonds. The van der Waals surface area contributed by atoms with E-state index in [1.807, 2.05) is 19.9 Å². The molecule has 1 aliphatic heterocycles. The maximum atomic E-state index is 14.4. The summed E-state index contributed by atoms with van der Waals surface area (Å²) in [5.74, 6) is -0.214. The molecule has 10 nitrogen and oxygen atoms in total. The molecule has 0 unspecified atom stereocenters. The number of amides is 2. The van der Waals surface area contributed by atoms with Gasteiger partial charge < -0.3 is 39.7 Å². The molecular formula is C31H44N2O8. The van der Waals surface area contributed by atoms with Gasteiger partial charge in [-0.2, -0.15) is 0 Å². The molecule has 0 radical (unpaired) electrons. The van der Waals surface area contributed by atoms with Gasteiger partial charge in [-0.05, 0) is 48.6 Å². The van der Waals surface area contributed by atoms with Crippen LogP contribution < -0.4 is 4.74 Å². The van der Waals surface area contributed by atoms with Crippen molar-refractivity contribution in [3.8, 4) is 5.75 Å². The van der Waals surface area contributed by atoms with Gasteiger partial charge >= 0.3 is 0 Å². The number of carbonyl (C=O) groups is 2. The first-order valence-corrected chi connectivity index (χ1v) is 14.3. The van der Waals surface area contributed by atoms with Gasteiger partial charge in [-0.1, -0.05) is 50.6 Å². The highest BCUT2D eigenvalue weighted by Gasteiger charge is 2.39. The predicted molar refractivity (Wildman–Crippen MR) is 153 cm³/mol. The summed E-state index contributed by atoms with van der Waals surface area (Å²) < 4.78 is 10.9. The number of aliphatic hydroxyl groups excluding tert-OH is 4. The smallest absolute Gasteiger partial charge is 0.254 e. The van der Waals surface area contributed by atoms with Crippen molar-refractivity contribution >= 4 is 11.8 Å². The number of methoxy groups -OCH3 is 1. The van der Waals surface area contributed by atoms with Crippen LogP contribution in [0.15, 0.2) is 54.6 Å². The third kappa shape index (κ3) is 8.50. The lowest BCUT2D eigenvalue weighted by Gasteiger charge is -2.39. The topological polar surface area (TPSA) is 140 Å². The van der Waals surface area contributed by atoms with Crippen LogP contribution in [0.3, 0.4) is 0 Å². The van der Waals surface area contributed by atoms with Gasteiger partial charge in [0.2, 0.25) is 5.91 Å². The summed E-state index contributed by atoms with van der Waals surface area (Å²) in [6.45, 7) is 3.53. The maximum absolute atomic E-state index is 14.4. The van der Waals surface area contributed by atoms with Gasteiger partial charge in [0, 0.05) is 31.8 Å². The number of rotatable bonds is 7. The number of nitrogens with zero attached hydrogens (tertiary/aromatic N) is 2. The third-order valence-corrected chi connectivity index (χ3v) is 7.74. The van der Waals surface area contributed by atoms with Crippen LogP contribution in [0.1, 0.15) is 49.0 Å². The average molecular weight is 573 g/mol. The minimum absolute atomic E-state index is 0.0862. The minimum Gasteiger partial charge on any atom is -0.497 e. The Morgan fingerprint density at radius 2 is 1.73 bits per heavy atom. The summed E-state index contributed by atoms with van der Waals surface area (Å²) in [4.78, 5) is 31.3. The van der Waals surface area contributed by atoms with Crippen molar-refractivity contribution in [3.05, 3.63) is 65.7 Å². The van der Waals surface area contributed by atoms with Crippen LogP contribution in [0.25, 0.3) is 0 Å². The van der Waals surface area contributed by atoms with Crippen LogP contribution in [-0.4, -0.2) is 106 Å². The molecule has 0 aliphatic carbocycles. The van der Waals surface area contributed by atoms with Crippen molar-refractivity contribution in [2.24, 2.45) is 5.92 Å². The molecule has 0 saturated carbocycles. The van der Waals surface area contributed by atoms with Crippen molar-refractivity contribution in [2.75, 3.05) is 33.4 Å². The van der Waals surface area contributed by atoms with Crippen molar-refractivity contribution in [1.82, 2.24) is 9.80 Å². The van der Waals surface area contributed by atoms with Crippen molar-refractivity contribution < 1.29 is 39.5 Å². The van der Waals surface area contributed by atoms with Gasteiger partial charge in [0.05, 0.1) is 13.7 Å². The molecule has 1 heterocycles. The number of hydrogen-bond acceptors (Lipinski definition) is 8. The predicted octanol–water partition coefficient (Wildman–Crippen LogP) is 1.83. The zero-order chi connectivity index (χ0) is 29.9. The highest BCUT2D eigenvalue weighted by Crippen LogP contribution is 2.24. The van der Waals surface area contributed by atoms with Gasteiger partial charge in [-0.3, -0.25) is 9.59 Å². The van der Waals surface area contributed by atoms with Gasteiger partial charge in [0.1, 0.15) is 36.2 Å². The fourth-order valence-corrected chi connectivity index (χ4v) is 5.05. The fraction of sp³-hybridized carbons (Fsp3) is 0.548. The summed E-state index contributed by atoms with van der Waals surface area (Å²) >= 11 is 0. The number of carbonyl (C=O) groups excluding carboxylic acids is 2. The minimum atomic E-state index is -1.69. The van der Waals surface area contributed by atoms with Gasteiger partial charge in [-0.15, -0.1) is 0 Å². The molecule has 0 spiro atoms. The molecule has 0 bridgehead atoms. The van der Waals surface area contributed by atoms with Crippen molar-refractivity contribution in [2.45, 2.75) is 70.1 Å². The second-order valence-corrected chi connectivity index (χ2v) is 10.6. The molecule has 2 aromatic carbocycles. The van der Waals surface area contributed by atoms with Crippen molar-refractivity contribution in [3.63, 3.8) is 0 Å². The Morgan fingerprint density at radius 3 is 2.34 bits per heavy atom. The van der Waals surface area contributed by atoms with Crippen LogP contribution in [0.5, 0.6) is 5.75 Å². The Hall–Kier alpha value is -3.02. The molecule has 4 N–H and O–H groups in total. The lowest BCUT2D eigenvalue weighted by Crippen LogP contribution is -2.57. The fourth-order valence-electron chi connectivity index (χ4n) is 5.05. The second-order valence-electron chi connectivity index (χ2n) is 10.6. The number of ether oxygens (including phenoxy) is 2. The van der Waals surface area contributed by atoms with Gasteiger partial charge in [0.25, 0.3) is 5.91 Å². The Morgan fingerprint density at radius 1 is 1.05 bits per heavy atom. The number of benzene rings is 2. The highest BCUT2D eigenvalue weighted by molar-refractivity contribution is 5.97. The summed E-state index contributed by atoms with van der Waals surface area (Å²) in [7, 11) is 1.56. The largest absolute Gasteiger partial charge is 0.497 e. The lowest BCUT2D eigenvalue weighted by molar-refractivity contribution is -0.151. The summed E-state index contributed by atoms with van der Waals surface area (Å²) in [6.07, 6.45) is -4.32. The van der Waals surface area contributed by atoms with E-state index in [-0.39, 0.29) is 44.0 Å². The molecule has 226 valence electrons. The van der Waals surface area contributed by atoms with E-state index in [0.29, 0.717) is 30.6 Å². The molecule has 1 saturated heterocycles. The first-order valence-electron chi connectivity index (χ1n) is 14.3. The summed E-state index contributed by atoms with van der Waals surface area (Å²) in [6, 6.07) is 15.1. The van der Waals surface area contributed by atoms with E-state index in [1.165, 1.54) is 4.90 Å².